The van der Waals surface area contributed by atoms with Crippen LogP contribution < -0.4 is 0 Å². The Morgan fingerprint density at radius 3 is 3.00 bits per heavy atom. The second kappa shape index (κ2) is 6.00. The Bertz CT molecular complexity index is 376. The van der Waals surface area contributed by atoms with E-state index in [0.29, 0.717) is 12.5 Å². The zero-order chi connectivity index (χ0) is 13.0. The van der Waals surface area contributed by atoms with Gasteiger partial charge in [0.25, 0.3) is 0 Å². The SMILES string of the molecule is CN(CCn1cccn1)C(=O)CC1CCCN1C. The van der Waals surface area contributed by atoms with Gasteiger partial charge in [-0.3, -0.25) is 9.48 Å². The Morgan fingerprint density at radius 2 is 2.39 bits per heavy atom. The molecule has 0 aliphatic carbocycles. The van der Waals surface area contributed by atoms with Crippen LogP contribution in [0.5, 0.6) is 0 Å². The molecule has 18 heavy (non-hydrogen) atoms. The van der Waals surface area contributed by atoms with Crippen LogP contribution >= 0.6 is 0 Å². The van der Waals surface area contributed by atoms with Crippen molar-refractivity contribution >= 4 is 5.91 Å². The first-order valence-corrected chi connectivity index (χ1v) is 6.58. The van der Waals surface area contributed by atoms with Gasteiger partial charge in [0.05, 0.1) is 6.54 Å². The van der Waals surface area contributed by atoms with Crippen molar-refractivity contribution in [2.24, 2.45) is 0 Å². The van der Waals surface area contributed by atoms with E-state index in [9.17, 15) is 4.79 Å². The minimum atomic E-state index is 0.237. The number of likely N-dealkylation sites (tertiary alicyclic amines) is 1. The maximum Gasteiger partial charge on any atom is 0.223 e. The lowest BCUT2D eigenvalue weighted by Crippen LogP contribution is -2.35. The van der Waals surface area contributed by atoms with Crippen molar-refractivity contribution < 1.29 is 4.79 Å². The van der Waals surface area contributed by atoms with Gasteiger partial charge in [0.2, 0.25) is 5.91 Å². The number of likely N-dealkylation sites (N-methyl/N-ethyl adjacent to an activating group) is 1. The van der Waals surface area contributed by atoms with Gasteiger partial charge in [0, 0.05) is 38.4 Å². The van der Waals surface area contributed by atoms with Crippen LogP contribution in [0.25, 0.3) is 0 Å². The number of amides is 1. The zero-order valence-electron chi connectivity index (χ0n) is 11.2. The molecule has 0 spiro atoms. The highest BCUT2D eigenvalue weighted by atomic mass is 16.2. The quantitative estimate of drug-likeness (QED) is 0.777. The summed E-state index contributed by atoms with van der Waals surface area (Å²) in [5, 5.41) is 4.13. The molecule has 0 saturated carbocycles. The summed E-state index contributed by atoms with van der Waals surface area (Å²) in [6.07, 6.45) is 6.69. The topological polar surface area (TPSA) is 41.4 Å². The van der Waals surface area contributed by atoms with Gasteiger partial charge in [0.15, 0.2) is 0 Å². The van der Waals surface area contributed by atoms with Crippen LogP contribution in [0, 0.1) is 0 Å². The van der Waals surface area contributed by atoms with Gasteiger partial charge >= 0.3 is 0 Å². The molecule has 2 heterocycles. The molecule has 1 saturated heterocycles. The van der Waals surface area contributed by atoms with Gasteiger partial charge in [0.1, 0.15) is 0 Å². The predicted molar refractivity (Wildman–Crippen MR) is 70.1 cm³/mol. The number of hydrogen-bond donors (Lipinski definition) is 0. The monoisotopic (exact) mass is 250 g/mol. The van der Waals surface area contributed by atoms with Crippen molar-refractivity contribution in [2.75, 3.05) is 27.2 Å². The van der Waals surface area contributed by atoms with E-state index in [1.165, 1.54) is 6.42 Å². The van der Waals surface area contributed by atoms with E-state index in [4.69, 9.17) is 0 Å². The van der Waals surface area contributed by atoms with Crippen LogP contribution in [0.4, 0.5) is 0 Å². The van der Waals surface area contributed by atoms with Gasteiger partial charge in [-0.2, -0.15) is 5.10 Å². The molecule has 0 bridgehead atoms. The Labute approximate surface area is 108 Å². The standard InChI is InChI=1S/C13H22N4O/c1-15-7-3-5-12(15)11-13(18)16(2)9-10-17-8-4-6-14-17/h4,6,8,12H,3,5,7,9-11H2,1-2H3. The van der Waals surface area contributed by atoms with E-state index >= 15 is 0 Å². The van der Waals surface area contributed by atoms with Gasteiger partial charge < -0.3 is 9.80 Å². The molecule has 1 aliphatic heterocycles. The molecule has 1 unspecified atom stereocenters. The Hall–Kier alpha value is -1.36. The average Bonchev–Trinajstić information content (AvgIpc) is 2.99. The third kappa shape index (κ3) is 3.32. The first kappa shape index (κ1) is 13.1. The lowest BCUT2D eigenvalue weighted by molar-refractivity contribution is -0.131. The fourth-order valence-corrected chi connectivity index (χ4v) is 2.40. The number of hydrogen-bond acceptors (Lipinski definition) is 3. The van der Waals surface area contributed by atoms with E-state index < -0.39 is 0 Å². The zero-order valence-corrected chi connectivity index (χ0v) is 11.2. The summed E-state index contributed by atoms with van der Waals surface area (Å²) in [5.41, 5.74) is 0. The number of carbonyl (C=O) groups excluding carboxylic acids is 1. The van der Waals surface area contributed by atoms with Gasteiger partial charge in [-0.15, -0.1) is 0 Å². The molecule has 0 aromatic carbocycles. The molecule has 1 aromatic rings. The first-order valence-electron chi connectivity index (χ1n) is 6.58. The van der Waals surface area contributed by atoms with Crippen molar-refractivity contribution in [3.8, 4) is 0 Å². The predicted octanol–water partition coefficient (Wildman–Crippen LogP) is 0.826. The third-order valence-electron chi connectivity index (χ3n) is 3.73. The highest BCUT2D eigenvalue weighted by Crippen LogP contribution is 2.18. The second-order valence-electron chi connectivity index (χ2n) is 5.07. The van der Waals surface area contributed by atoms with Crippen LogP contribution in [-0.2, 0) is 11.3 Å². The highest BCUT2D eigenvalue weighted by Gasteiger charge is 2.24. The average molecular weight is 250 g/mol. The lowest BCUT2D eigenvalue weighted by Gasteiger charge is -2.23. The van der Waals surface area contributed by atoms with E-state index in [1.807, 2.05) is 28.9 Å². The van der Waals surface area contributed by atoms with Crippen molar-refractivity contribution in [2.45, 2.75) is 31.8 Å². The van der Waals surface area contributed by atoms with Gasteiger partial charge in [-0.1, -0.05) is 0 Å². The van der Waals surface area contributed by atoms with E-state index in [0.717, 1.165) is 26.1 Å². The molecular formula is C13H22N4O. The molecule has 100 valence electrons. The Morgan fingerprint density at radius 1 is 1.56 bits per heavy atom. The van der Waals surface area contributed by atoms with E-state index in [2.05, 4.69) is 17.0 Å². The number of rotatable bonds is 5. The number of aromatic nitrogens is 2. The minimum absolute atomic E-state index is 0.237. The molecular weight excluding hydrogens is 228 g/mol. The molecule has 5 heteroatoms. The molecule has 2 rings (SSSR count). The van der Waals surface area contributed by atoms with Crippen molar-refractivity contribution in [3.05, 3.63) is 18.5 Å². The summed E-state index contributed by atoms with van der Waals surface area (Å²) < 4.78 is 1.85. The summed E-state index contributed by atoms with van der Waals surface area (Å²) in [7, 11) is 3.98. The van der Waals surface area contributed by atoms with Crippen LogP contribution in [0.2, 0.25) is 0 Å². The van der Waals surface area contributed by atoms with E-state index in [1.54, 1.807) is 6.20 Å². The van der Waals surface area contributed by atoms with E-state index in [-0.39, 0.29) is 5.91 Å². The van der Waals surface area contributed by atoms with Gasteiger partial charge in [-0.05, 0) is 32.5 Å². The molecule has 5 nitrogen and oxygen atoms in total. The largest absolute Gasteiger partial charge is 0.344 e. The fraction of sp³-hybridized carbons (Fsp3) is 0.692. The smallest absolute Gasteiger partial charge is 0.223 e. The molecule has 1 aromatic heterocycles. The minimum Gasteiger partial charge on any atom is -0.344 e. The summed E-state index contributed by atoms with van der Waals surface area (Å²) in [6.45, 7) is 2.60. The lowest BCUT2D eigenvalue weighted by atomic mass is 10.1. The maximum atomic E-state index is 12.1. The fourth-order valence-electron chi connectivity index (χ4n) is 2.40. The normalized spacial score (nSPS) is 20.2. The summed E-state index contributed by atoms with van der Waals surface area (Å²) >= 11 is 0. The molecule has 1 aliphatic rings. The number of nitrogens with zero attached hydrogens (tertiary/aromatic N) is 4. The summed E-state index contributed by atoms with van der Waals surface area (Å²) in [4.78, 5) is 16.2. The molecule has 1 fully saturated rings. The molecule has 0 radical (unpaired) electrons. The highest BCUT2D eigenvalue weighted by molar-refractivity contribution is 5.76. The van der Waals surface area contributed by atoms with Gasteiger partial charge in [-0.25, -0.2) is 0 Å². The molecule has 1 amide bonds. The van der Waals surface area contributed by atoms with Crippen molar-refractivity contribution in [1.29, 1.82) is 0 Å². The maximum absolute atomic E-state index is 12.1. The Balaban J connectivity index is 1.74. The first-order chi connectivity index (χ1) is 8.66. The summed E-state index contributed by atoms with van der Waals surface area (Å²) in [5.74, 6) is 0.237. The Kier molecular flexibility index (Phi) is 4.36. The van der Waals surface area contributed by atoms with Crippen molar-refractivity contribution in [1.82, 2.24) is 19.6 Å². The second-order valence-corrected chi connectivity index (χ2v) is 5.07. The molecule has 1 atom stereocenters. The third-order valence-corrected chi connectivity index (χ3v) is 3.73. The van der Waals surface area contributed by atoms with Crippen LogP contribution in [0.15, 0.2) is 18.5 Å². The van der Waals surface area contributed by atoms with Crippen LogP contribution in [0.3, 0.4) is 0 Å². The molecule has 0 N–H and O–H groups in total. The summed E-state index contributed by atoms with van der Waals surface area (Å²) in [6, 6.07) is 2.33. The van der Waals surface area contributed by atoms with Crippen LogP contribution in [-0.4, -0.2) is 58.7 Å². The number of carbonyl (C=O) groups is 1. The van der Waals surface area contributed by atoms with Crippen molar-refractivity contribution in [3.63, 3.8) is 0 Å². The van der Waals surface area contributed by atoms with Crippen LogP contribution in [0.1, 0.15) is 19.3 Å².